The zero-order chi connectivity index (χ0) is 12.8. The lowest BCUT2D eigenvalue weighted by molar-refractivity contribution is 0.138. The van der Waals surface area contributed by atoms with Crippen molar-refractivity contribution in [3.8, 4) is 0 Å². The van der Waals surface area contributed by atoms with Crippen LogP contribution in [0.3, 0.4) is 0 Å². The van der Waals surface area contributed by atoms with E-state index in [1.165, 1.54) is 0 Å². The minimum atomic E-state index is -0.223. The molecule has 4 heteroatoms. The first-order valence-electron chi connectivity index (χ1n) is 6.53. The summed E-state index contributed by atoms with van der Waals surface area (Å²) in [5, 5.41) is 14.1. The van der Waals surface area contributed by atoms with Gasteiger partial charge < -0.3 is 5.11 Å². The molecule has 1 rings (SSSR count). The zero-order valence-corrected chi connectivity index (χ0v) is 11.4. The number of aryl methyl sites for hydroxylation is 1. The van der Waals surface area contributed by atoms with Gasteiger partial charge in [0.1, 0.15) is 12.2 Å². The van der Waals surface area contributed by atoms with E-state index in [1.54, 1.807) is 6.33 Å². The highest BCUT2D eigenvalue weighted by atomic mass is 16.3. The highest BCUT2D eigenvalue weighted by molar-refractivity contribution is 4.86. The van der Waals surface area contributed by atoms with Crippen molar-refractivity contribution in [2.75, 3.05) is 0 Å². The number of hydrogen-bond acceptors (Lipinski definition) is 3. The molecular formula is C13H25N3O. The Hall–Kier alpha value is -0.900. The quantitative estimate of drug-likeness (QED) is 0.794. The van der Waals surface area contributed by atoms with E-state index in [4.69, 9.17) is 0 Å². The highest BCUT2D eigenvalue weighted by Crippen LogP contribution is 2.11. The zero-order valence-electron chi connectivity index (χ0n) is 11.4. The molecule has 0 saturated heterocycles. The largest absolute Gasteiger partial charge is 0.393 e. The Balaban J connectivity index is 2.43. The van der Waals surface area contributed by atoms with Crippen molar-refractivity contribution in [3.05, 3.63) is 12.2 Å². The lowest BCUT2D eigenvalue weighted by Crippen LogP contribution is -2.15. The third-order valence-corrected chi connectivity index (χ3v) is 2.68. The number of nitrogens with zero attached hydrogens (tertiary/aromatic N) is 3. The molecule has 0 aliphatic rings. The molecule has 0 amide bonds. The minimum Gasteiger partial charge on any atom is -0.393 e. The molecule has 0 radical (unpaired) electrons. The van der Waals surface area contributed by atoms with Crippen LogP contribution in [0.15, 0.2) is 6.33 Å². The molecule has 17 heavy (non-hydrogen) atoms. The van der Waals surface area contributed by atoms with Crippen LogP contribution < -0.4 is 0 Å². The van der Waals surface area contributed by atoms with Gasteiger partial charge in [0.15, 0.2) is 0 Å². The van der Waals surface area contributed by atoms with E-state index in [2.05, 4.69) is 37.8 Å². The van der Waals surface area contributed by atoms with Crippen molar-refractivity contribution in [1.82, 2.24) is 14.8 Å². The lowest BCUT2D eigenvalue weighted by Gasteiger charge is -2.13. The second-order valence-electron chi connectivity index (χ2n) is 5.57. The van der Waals surface area contributed by atoms with Gasteiger partial charge in [-0.05, 0) is 24.7 Å². The van der Waals surface area contributed by atoms with Gasteiger partial charge in [-0.3, -0.25) is 0 Å². The Morgan fingerprint density at radius 1 is 1.24 bits per heavy atom. The molecule has 1 atom stereocenters. The van der Waals surface area contributed by atoms with Crippen molar-refractivity contribution in [1.29, 1.82) is 0 Å². The van der Waals surface area contributed by atoms with Crippen LogP contribution in [0, 0.1) is 11.8 Å². The molecule has 0 aliphatic heterocycles. The topological polar surface area (TPSA) is 50.9 Å². The molecule has 1 heterocycles. The summed E-state index contributed by atoms with van der Waals surface area (Å²) in [6.07, 6.45) is 3.82. The van der Waals surface area contributed by atoms with Gasteiger partial charge in [0.05, 0.1) is 6.10 Å². The van der Waals surface area contributed by atoms with Gasteiger partial charge in [-0.2, -0.15) is 5.10 Å². The van der Waals surface area contributed by atoms with E-state index in [9.17, 15) is 5.11 Å². The van der Waals surface area contributed by atoms with Gasteiger partial charge in [-0.15, -0.1) is 0 Å². The van der Waals surface area contributed by atoms with Crippen LogP contribution in [0.2, 0.25) is 0 Å². The summed E-state index contributed by atoms with van der Waals surface area (Å²) in [4.78, 5) is 4.26. The number of aliphatic hydroxyl groups is 1. The molecule has 0 bridgehead atoms. The van der Waals surface area contributed by atoms with Crippen LogP contribution in [0.25, 0.3) is 0 Å². The Bertz CT molecular complexity index is 320. The van der Waals surface area contributed by atoms with Crippen LogP contribution in [0.5, 0.6) is 0 Å². The second kappa shape index (κ2) is 6.74. The molecule has 1 aromatic rings. The smallest absolute Gasteiger partial charge is 0.138 e. The molecule has 1 N–H and O–H groups in total. The van der Waals surface area contributed by atoms with Gasteiger partial charge in [-0.1, -0.05) is 27.7 Å². The van der Waals surface area contributed by atoms with Gasteiger partial charge in [0.25, 0.3) is 0 Å². The summed E-state index contributed by atoms with van der Waals surface area (Å²) >= 11 is 0. The standard InChI is InChI=1S/C13H25N3O/c1-10(2)7-12(17)5-6-13-14-9-15-16(13)8-11(3)4/h9-12,17H,5-8H2,1-4H3. The van der Waals surface area contributed by atoms with Gasteiger partial charge in [0, 0.05) is 13.0 Å². The number of rotatable bonds is 7. The predicted molar refractivity (Wildman–Crippen MR) is 68.6 cm³/mol. The van der Waals surface area contributed by atoms with Crippen molar-refractivity contribution in [3.63, 3.8) is 0 Å². The first-order chi connectivity index (χ1) is 7.99. The SMILES string of the molecule is CC(C)CC(O)CCc1ncnn1CC(C)C. The Morgan fingerprint density at radius 2 is 1.94 bits per heavy atom. The summed E-state index contributed by atoms with van der Waals surface area (Å²) in [5.41, 5.74) is 0. The third-order valence-electron chi connectivity index (χ3n) is 2.68. The molecule has 0 saturated carbocycles. The maximum absolute atomic E-state index is 9.83. The fourth-order valence-corrected chi connectivity index (χ4v) is 1.94. The van der Waals surface area contributed by atoms with Crippen LogP contribution in [0.4, 0.5) is 0 Å². The molecule has 0 aliphatic carbocycles. The van der Waals surface area contributed by atoms with Crippen molar-refractivity contribution in [2.45, 2.75) is 59.6 Å². The maximum atomic E-state index is 9.83. The summed E-state index contributed by atoms with van der Waals surface area (Å²) < 4.78 is 1.95. The number of aromatic nitrogens is 3. The Labute approximate surface area is 104 Å². The van der Waals surface area contributed by atoms with Crippen molar-refractivity contribution >= 4 is 0 Å². The molecule has 1 aromatic heterocycles. The number of hydrogen-bond donors (Lipinski definition) is 1. The Kier molecular flexibility index (Phi) is 5.62. The minimum absolute atomic E-state index is 0.223. The first-order valence-corrected chi connectivity index (χ1v) is 6.53. The molecule has 1 unspecified atom stereocenters. The van der Waals surface area contributed by atoms with Crippen molar-refractivity contribution in [2.24, 2.45) is 11.8 Å². The van der Waals surface area contributed by atoms with E-state index in [1.807, 2.05) is 4.68 Å². The molecule has 0 aromatic carbocycles. The Morgan fingerprint density at radius 3 is 2.53 bits per heavy atom. The predicted octanol–water partition coefficient (Wildman–Crippen LogP) is 2.27. The maximum Gasteiger partial charge on any atom is 0.138 e. The third kappa shape index (κ3) is 5.31. The summed E-state index contributed by atoms with van der Waals surface area (Å²) in [5.74, 6) is 2.09. The van der Waals surface area contributed by atoms with E-state index in [0.29, 0.717) is 11.8 Å². The average molecular weight is 239 g/mol. The molecule has 98 valence electrons. The summed E-state index contributed by atoms with van der Waals surface area (Å²) in [7, 11) is 0. The first kappa shape index (κ1) is 14.2. The fraction of sp³-hybridized carbons (Fsp3) is 0.846. The van der Waals surface area contributed by atoms with E-state index >= 15 is 0 Å². The second-order valence-corrected chi connectivity index (χ2v) is 5.57. The normalized spacial score (nSPS) is 13.6. The average Bonchev–Trinajstić information content (AvgIpc) is 2.60. The van der Waals surface area contributed by atoms with Crippen LogP contribution >= 0.6 is 0 Å². The van der Waals surface area contributed by atoms with E-state index in [-0.39, 0.29) is 6.10 Å². The van der Waals surface area contributed by atoms with Crippen LogP contribution in [-0.2, 0) is 13.0 Å². The van der Waals surface area contributed by atoms with Gasteiger partial charge >= 0.3 is 0 Å². The summed E-state index contributed by atoms with van der Waals surface area (Å²) in [6.45, 7) is 9.49. The monoisotopic (exact) mass is 239 g/mol. The lowest BCUT2D eigenvalue weighted by atomic mass is 10.0. The summed E-state index contributed by atoms with van der Waals surface area (Å²) in [6, 6.07) is 0. The molecule has 0 fully saturated rings. The fourth-order valence-electron chi connectivity index (χ4n) is 1.94. The molecular weight excluding hydrogens is 214 g/mol. The van der Waals surface area contributed by atoms with Crippen LogP contribution in [0.1, 0.15) is 46.4 Å². The number of aliphatic hydroxyl groups excluding tert-OH is 1. The molecule has 4 nitrogen and oxygen atoms in total. The molecule has 0 spiro atoms. The van der Waals surface area contributed by atoms with E-state index in [0.717, 1.165) is 31.6 Å². The van der Waals surface area contributed by atoms with Gasteiger partial charge in [0.2, 0.25) is 0 Å². The van der Waals surface area contributed by atoms with Gasteiger partial charge in [-0.25, -0.2) is 9.67 Å². The van der Waals surface area contributed by atoms with Crippen molar-refractivity contribution < 1.29 is 5.11 Å². The highest BCUT2D eigenvalue weighted by Gasteiger charge is 2.11. The van der Waals surface area contributed by atoms with E-state index < -0.39 is 0 Å². The van der Waals surface area contributed by atoms with Crippen LogP contribution in [-0.4, -0.2) is 26.0 Å².